The van der Waals surface area contributed by atoms with Crippen LogP contribution < -0.4 is 10.2 Å². The molecule has 1 aliphatic rings. The fourth-order valence-electron chi connectivity index (χ4n) is 3.56. The predicted octanol–water partition coefficient (Wildman–Crippen LogP) is 3.85. The number of para-hydroxylation sites is 1. The van der Waals surface area contributed by atoms with Gasteiger partial charge in [0.05, 0.1) is 13.2 Å². The van der Waals surface area contributed by atoms with Gasteiger partial charge in [-0.3, -0.25) is 4.99 Å². The SMILES string of the molecule is CN=C(NCCN(C)c1ccccc1)N1CCC(COCc2ccccc2)C1.I. The first kappa shape index (κ1) is 23.5. The van der Waals surface area contributed by atoms with E-state index in [2.05, 4.69) is 75.7 Å². The van der Waals surface area contributed by atoms with Crippen molar-refractivity contribution in [2.45, 2.75) is 13.0 Å². The summed E-state index contributed by atoms with van der Waals surface area (Å²) in [6.07, 6.45) is 1.15. The summed E-state index contributed by atoms with van der Waals surface area (Å²) in [6, 6.07) is 20.8. The number of rotatable bonds is 8. The minimum Gasteiger partial charge on any atom is -0.376 e. The predicted molar refractivity (Wildman–Crippen MR) is 132 cm³/mol. The molecular weight excluding hydrogens is 475 g/mol. The molecule has 0 bridgehead atoms. The Bertz CT molecular complexity index is 726. The van der Waals surface area contributed by atoms with E-state index in [0.717, 1.165) is 45.2 Å². The third kappa shape index (κ3) is 7.51. The van der Waals surface area contributed by atoms with E-state index < -0.39 is 0 Å². The highest BCUT2D eigenvalue weighted by Gasteiger charge is 2.24. The summed E-state index contributed by atoms with van der Waals surface area (Å²) in [5.74, 6) is 1.56. The highest BCUT2D eigenvalue weighted by Crippen LogP contribution is 2.17. The van der Waals surface area contributed by atoms with Gasteiger partial charge in [-0.25, -0.2) is 0 Å². The van der Waals surface area contributed by atoms with E-state index >= 15 is 0 Å². The second-order valence-corrected chi connectivity index (χ2v) is 7.33. The molecule has 1 fully saturated rings. The number of guanidine groups is 1. The van der Waals surface area contributed by atoms with Gasteiger partial charge in [0.1, 0.15) is 0 Å². The minimum absolute atomic E-state index is 0. The lowest BCUT2D eigenvalue weighted by Crippen LogP contribution is -2.43. The summed E-state index contributed by atoms with van der Waals surface area (Å²) in [5.41, 5.74) is 2.47. The van der Waals surface area contributed by atoms with Crippen molar-refractivity contribution < 1.29 is 4.74 Å². The average molecular weight is 508 g/mol. The van der Waals surface area contributed by atoms with Crippen LogP contribution in [0, 0.1) is 5.92 Å². The van der Waals surface area contributed by atoms with Crippen molar-refractivity contribution in [3.63, 3.8) is 0 Å². The van der Waals surface area contributed by atoms with E-state index in [1.54, 1.807) is 0 Å². The molecule has 2 aromatic carbocycles. The van der Waals surface area contributed by atoms with Crippen molar-refractivity contribution in [2.24, 2.45) is 10.9 Å². The quantitative estimate of drug-likeness (QED) is 0.334. The molecule has 1 saturated heterocycles. The van der Waals surface area contributed by atoms with Gasteiger partial charge < -0.3 is 19.9 Å². The summed E-state index contributed by atoms with van der Waals surface area (Å²) >= 11 is 0. The largest absolute Gasteiger partial charge is 0.376 e. The van der Waals surface area contributed by atoms with Gasteiger partial charge in [0, 0.05) is 51.9 Å². The van der Waals surface area contributed by atoms with Gasteiger partial charge in [-0.1, -0.05) is 48.5 Å². The molecule has 0 amide bonds. The molecule has 6 heteroatoms. The van der Waals surface area contributed by atoms with E-state index in [9.17, 15) is 0 Å². The third-order valence-electron chi connectivity index (χ3n) is 5.19. The lowest BCUT2D eigenvalue weighted by molar-refractivity contribution is 0.0907. The van der Waals surface area contributed by atoms with Crippen LogP contribution in [0.25, 0.3) is 0 Å². The Morgan fingerprint density at radius 2 is 1.83 bits per heavy atom. The Balaban J connectivity index is 0.00000300. The van der Waals surface area contributed by atoms with Crippen molar-refractivity contribution >= 4 is 35.6 Å². The Kier molecular flexibility index (Phi) is 10.3. The highest BCUT2D eigenvalue weighted by atomic mass is 127. The van der Waals surface area contributed by atoms with Crippen LogP contribution in [0.15, 0.2) is 65.7 Å². The Morgan fingerprint density at radius 1 is 1.14 bits per heavy atom. The summed E-state index contributed by atoms with van der Waals surface area (Å²) in [7, 11) is 3.98. The van der Waals surface area contributed by atoms with Crippen molar-refractivity contribution in [2.75, 3.05) is 51.8 Å². The molecule has 0 aromatic heterocycles. The minimum atomic E-state index is 0. The van der Waals surface area contributed by atoms with Gasteiger partial charge in [0.25, 0.3) is 0 Å². The fraction of sp³-hybridized carbons (Fsp3) is 0.435. The Hall–Kier alpha value is -1.80. The van der Waals surface area contributed by atoms with Crippen LogP contribution in [0.3, 0.4) is 0 Å². The van der Waals surface area contributed by atoms with Crippen molar-refractivity contribution in [1.82, 2.24) is 10.2 Å². The zero-order valence-electron chi connectivity index (χ0n) is 17.5. The molecule has 1 N–H and O–H groups in total. The lowest BCUT2D eigenvalue weighted by Gasteiger charge is -2.24. The number of nitrogens with zero attached hydrogens (tertiary/aromatic N) is 3. The number of ether oxygens (including phenoxy) is 1. The zero-order valence-corrected chi connectivity index (χ0v) is 19.8. The summed E-state index contributed by atoms with van der Waals surface area (Å²) in [5, 5.41) is 3.51. The molecule has 0 aliphatic carbocycles. The maximum atomic E-state index is 5.93. The summed E-state index contributed by atoms with van der Waals surface area (Å²) < 4.78 is 5.93. The molecule has 1 atom stereocenters. The molecule has 0 saturated carbocycles. The molecule has 1 heterocycles. The maximum Gasteiger partial charge on any atom is 0.193 e. The molecule has 3 rings (SSSR count). The average Bonchev–Trinajstić information content (AvgIpc) is 3.21. The van der Waals surface area contributed by atoms with Crippen LogP contribution in [0.2, 0.25) is 0 Å². The van der Waals surface area contributed by atoms with Crippen molar-refractivity contribution in [1.29, 1.82) is 0 Å². The molecule has 0 spiro atoms. The number of halogens is 1. The smallest absolute Gasteiger partial charge is 0.193 e. The number of benzene rings is 2. The fourth-order valence-corrected chi connectivity index (χ4v) is 3.56. The van der Waals surface area contributed by atoms with Crippen LogP contribution >= 0.6 is 24.0 Å². The van der Waals surface area contributed by atoms with E-state index in [4.69, 9.17) is 4.74 Å². The van der Waals surface area contributed by atoms with Gasteiger partial charge in [-0.05, 0) is 24.1 Å². The van der Waals surface area contributed by atoms with Crippen LogP contribution in [-0.2, 0) is 11.3 Å². The summed E-state index contributed by atoms with van der Waals surface area (Å²) in [6.45, 7) is 5.33. The van der Waals surface area contributed by atoms with Gasteiger partial charge >= 0.3 is 0 Å². The third-order valence-corrected chi connectivity index (χ3v) is 5.19. The highest BCUT2D eigenvalue weighted by molar-refractivity contribution is 14.0. The number of hydrogen-bond acceptors (Lipinski definition) is 3. The van der Waals surface area contributed by atoms with Crippen LogP contribution in [0.4, 0.5) is 5.69 Å². The van der Waals surface area contributed by atoms with E-state index in [1.807, 2.05) is 19.2 Å². The molecule has 158 valence electrons. The molecule has 5 nitrogen and oxygen atoms in total. The maximum absolute atomic E-state index is 5.93. The van der Waals surface area contributed by atoms with Gasteiger partial charge in [0.2, 0.25) is 0 Å². The van der Waals surface area contributed by atoms with Gasteiger partial charge in [-0.15, -0.1) is 24.0 Å². The normalized spacial score (nSPS) is 16.4. The first-order chi connectivity index (χ1) is 13.8. The number of nitrogens with one attached hydrogen (secondary N) is 1. The number of likely N-dealkylation sites (tertiary alicyclic amines) is 1. The number of hydrogen-bond donors (Lipinski definition) is 1. The van der Waals surface area contributed by atoms with Crippen LogP contribution in [0.1, 0.15) is 12.0 Å². The van der Waals surface area contributed by atoms with E-state index in [0.29, 0.717) is 12.5 Å². The van der Waals surface area contributed by atoms with Crippen molar-refractivity contribution in [3.05, 3.63) is 66.2 Å². The molecular formula is C23H33IN4O. The lowest BCUT2D eigenvalue weighted by atomic mass is 10.1. The topological polar surface area (TPSA) is 40.1 Å². The number of likely N-dealkylation sites (N-methyl/N-ethyl adjacent to an activating group) is 1. The number of aliphatic imine (C=N–C) groups is 1. The standard InChI is InChI=1S/C23H32N4O.HI/c1-24-23(25-14-16-26(2)22-11-7-4-8-12-22)27-15-13-21(17-27)19-28-18-20-9-5-3-6-10-20;/h3-12,21H,13-19H2,1-2H3,(H,24,25);1H. The first-order valence-corrected chi connectivity index (χ1v) is 10.1. The van der Waals surface area contributed by atoms with E-state index in [-0.39, 0.29) is 24.0 Å². The van der Waals surface area contributed by atoms with Crippen LogP contribution in [-0.4, -0.2) is 57.7 Å². The molecule has 29 heavy (non-hydrogen) atoms. The van der Waals surface area contributed by atoms with Crippen molar-refractivity contribution in [3.8, 4) is 0 Å². The van der Waals surface area contributed by atoms with Gasteiger partial charge in [-0.2, -0.15) is 0 Å². The second-order valence-electron chi connectivity index (χ2n) is 7.33. The monoisotopic (exact) mass is 508 g/mol. The Labute approximate surface area is 192 Å². The molecule has 0 radical (unpaired) electrons. The Morgan fingerprint density at radius 3 is 2.52 bits per heavy atom. The second kappa shape index (κ2) is 12.7. The van der Waals surface area contributed by atoms with E-state index in [1.165, 1.54) is 11.3 Å². The molecule has 1 aliphatic heterocycles. The first-order valence-electron chi connectivity index (χ1n) is 10.1. The number of anilines is 1. The zero-order chi connectivity index (χ0) is 19.6. The summed E-state index contributed by atoms with van der Waals surface area (Å²) in [4.78, 5) is 9.07. The van der Waals surface area contributed by atoms with Crippen LogP contribution in [0.5, 0.6) is 0 Å². The molecule has 2 aromatic rings. The van der Waals surface area contributed by atoms with Gasteiger partial charge in [0.15, 0.2) is 5.96 Å². The molecule has 1 unspecified atom stereocenters.